The van der Waals surface area contributed by atoms with Gasteiger partial charge in [-0.15, -0.1) is 0 Å². The standard InChI is InChI=1S/C7H14Br2O/c1-6(10)3-2-4-7(9)5-8/h6-7,10H,2-5H2,1H3. The van der Waals surface area contributed by atoms with Gasteiger partial charge < -0.3 is 5.11 Å². The molecule has 2 unspecified atom stereocenters. The summed E-state index contributed by atoms with van der Waals surface area (Å²) in [5.74, 6) is 0. The van der Waals surface area contributed by atoms with Crippen molar-refractivity contribution in [2.24, 2.45) is 0 Å². The van der Waals surface area contributed by atoms with Crippen molar-refractivity contribution in [3.63, 3.8) is 0 Å². The monoisotopic (exact) mass is 272 g/mol. The van der Waals surface area contributed by atoms with E-state index in [0.29, 0.717) is 4.83 Å². The van der Waals surface area contributed by atoms with E-state index in [4.69, 9.17) is 5.11 Å². The van der Waals surface area contributed by atoms with E-state index in [0.717, 1.165) is 24.6 Å². The fourth-order valence-electron chi connectivity index (χ4n) is 0.712. The number of aliphatic hydroxyl groups excluding tert-OH is 1. The number of alkyl halides is 2. The molecule has 0 bridgehead atoms. The van der Waals surface area contributed by atoms with E-state index in [2.05, 4.69) is 31.9 Å². The van der Waals surface area contributed by atoms with E-state index in [9.17, 15) is 0 Å². The van der Waals surface area contributed by atoms with E-state index >= 15 is 0 Å². The summed E-state index contributed by atoms with van der Waals surface area (Å²) in [6.45, 7) is 1.83. The van der Waals surface area contributed by atoms with Crippen LogP contribution in [0.3, 0.4) is 0 Å². The molecule has 0 rings (SSSR count). The van der Waals surface area contributed by atoms with Gasteiger partial charge in [-0.3, -0.25) is 0 Å². The van der Waals surface area contributed by atoms with Gasteiger partial charge in [0.25, 0.3) is 0 Å². The molecule has 0 aliphatic rings. The van der Waals surface area contributed by atoms with E-state index in [1.165, 1.54) is 0 Å². The zero-order chi connectivity index (χ0) is 7.98. The highest BCUT2D eigenvalue weighted by molar-refractivity contribution is 9.12. The predicted octanol–water partition coefficient (Wildman–Crippen LogP) is 2.70. The van der Waals surface area contributed by atoms with Crippen LogP contribution in [0.15, 0.2) is 0 Å². The maximum absolute atomic E-state index is 8.91. The fourth-order valence-corrected chi connectivity index (χ4v) is 1.36. The van der Waals surface area contributed by atoms with Crippen LogP contribution in [0.5, 0.6) is 0 Å². The molecule has 0 aromatic rings. The van der Waals surface area contributed by atoms with Crippen LogP contribution in [0.2, 0.25) is 0 Å². The Kier molecular flexibility index (Phi) is 7.23. The zero-order valence-electron chi connectivity index (χ0n) is 6.19. The van der Waals surface area contributed by atoms with Crippen LogP contribution in [0.1, 0.15) is 26.2 Å². The Morgan fingerprint density at radius 3 is 2.40 bits per heavy atom. The van der Waals surface area contributed by atoms with Gasteiger partial charge in [-0.2, -0.15) is 0 Å². The molecule has 3 heteroatoms. The first-order valence-electron chi connectivity index (χ1n) is 3.55. The van der Waals surface area contributed by atoms with Gasteiger partial charge in [-0.25, -0.2) is 0 Å². The smallest absolute Gasteiger partial charge is 0.0512 e. The van der Waals surface area contributed by atoms with Crippen LogP contribution in [0.4, 0.5) is 0 Å². The van der Waals surface area contributed by atoms with Crippen LogP contribution < -0.4 is 0 Å². The average Bonchev–Trinajstić information content (AvgIpc) is 1.87. The molecule has 0 saturated carbocycles. The molecule has 2 atom stereocenters. The summed E-state index contributed by atoms with van der Waals surface area (Å²) in [6, 6.07) is 0. The SMILES string of the molecule is CC(O)CCCC(Br)CBr. The van der Waals surface area contributed by atoms with E-state index in [1.54, 1.807) is 0 Å². The van der Waals surface area contributed by atoms with Crippen LogP contribution in [-0.2, 0) is 0 Å². The Bertz CT molecular complexity index is 76.0. The number of hydrogen-bond donors (Lipinski definition) is 1. The van der Waals surface area contributed by atoms with Crippen molar-refractivity contribution in [3.8, 4) is 0 Å². The van der Waals surface area contributed by atoms with E-state index in [1.807, 2.05) is 6.92 Å². The van der Waals surface area contributed by atoms with Crippen molar-refractivity contribution in [3.05, 3.63) is 0 Å². The van der Waals surface area contributed by atoms with Gasteiger partial charge in [-0.05, 0) is 26.2 Å². The lowest BCUT2D eigenvalue weighted by Gasteiger charge is -2.06. The lowest BCUT2D eigenvalue weighted by Crippen LogP contribution is -2.03. The highest BCUT2D eigenvalue weighted by Gasteiger charge is 2.02. The van der Waals surface area contributed by atoms with Crippen molar-refractivity contribution >= 4 is 31.9 Å². The quantitative estimate of drug-likeness (QED) is 0.764. The Hall–Kier alpha value is 0.920. The van der Waals surface area contributed by atoms with Gasteiger partial charge >= 0.3 is 0 Å². The van der Waals surface area contributed by atoms with Gasteiger partial charge in [0, 0.05) is 10.2 Å². The molecule has 10 heavy (non-hydrogen) atoms. The highest BCUT2D eigenvalue weighted by atomic mass is 79.9. The largest absolute Gasteiger partial charge is 0.393 e. The van der Waals surface area contributed by atoms with Crippen LogP contribution in [0.25, 0.3) is 0 Å². The number of aliphatic hydroxyl groups is 1. The lowest BCUT2D eigenvalue weighted by molar-refractivity contribution is 0.181. The third-order valence-electron chi connectivity index (χ3n) is 1.31. The van der Waals surface area contributed by atoms with E-state index < -0.39 is 0 Å². The molecule has 1 N–H and O–H groups in total. The first kappa shape index (κ1) is 10.9. The fraction of sp³-hybridized carbons (Fsp3) is 1.00. The third-order valence-corrected chi connectivity index (χ3v) is 3.74. The predicted molar refractivity (Wildman–Crippen MR) is 52.0 cm³/mol. The first-order chi connectivity index (χ1) is 4.66. The maximum atomic E-state index is 8.91. The summed E-state index contributed by atoms with van der Waals surface area (Å²) in [5, 5.41) is 9.90. The van der Waals surface area contributed by atoms with Crippen LogP contribution in [0, 0.1) is 0 Å². The first-order valence-corrected chi connectivity index (χ1v) is 5.58. The maximum Gasteiger partial charge on any atom is 0.0512 e. The second kappa shape index (κ2) is 6.62. The highest BCUT2D eigenvalue weighted by Crippen LogP contribution is 2.12. The molecule has 0 aromatic heterocycles. The lowest BCUT2D eigenvalue weighted by atomic mass is 10.1. The molecule has 0 radical (unpaired) electrons. The van der Waals surface area contributed by atoms with Gasteiger partial charge in [-0.1, -0.05) is 31.9 Å². The summed E-state index contributed by atoms with van der Waals surface area (Å²) in [4.78, 5) is 0.561. The molecule has 0 heterocycles. The summed E-state index contributed by atoms with van der Waals surface area (Å²) in [6.07, 6.45) is 3.00. The van der Waals surface area contributed by atoms with Crippen LogP contribution >= 0.6 is 31.9 Å². The topological polar surface area (TPSA) is 20.2 Å². The molecular formula is C7H14Br2O. The summed E-state index contributed by atoms with van der Waals surface area (Å²) in [7, 11) is 0. The summed E-state index contributed by atoms with van der Waals surface area (Å²) >= 11 is 6.87. The molecule has 62 valence electrons. The average molecular weight is 274 g/mol. The molecule has 0 amide bonds. The minimum Gasteiger partial charge on any atom is -0.393 e. The van der Waals surface area contributed by atoms with Gasteiger partial charge in [0.15, 0.2) is 0 Å². The van der Waals surface area contributed by atoms with Gasteiger partial charge in [0.1, 0.15) is 0 Å². The molecule has 0 aliphatic heterocycles. The Morgan fingerprint density at radius 1 is 1.40 bits per heavy atom. The molecule has 0 aliphatic carbocycles. The summed E-state index contributed by atoms with van der Waals surface area (Å²) in [5.41, 5.74) is 0. The van der Waals surface area contributed by atoms with Crippen LogP contribution in [-0.4, -0.2) is 21.4 Å². The number of hydrogen-bond acceptors (Lipinski definition) is 1. The van der Waals surface area contributed by atoms with Crippen molar-refractivity contribution in [2.75, 3.05) is 5.33 Å². The van der Waals surface area contributed by atoms with E-state index in [-0.39, 0.29) is 6.10 Å². The minimum atomic E-state index is -0.143. The zero-order valence-corrected chi connectivity index (χ0v) is 9.36. The van der Waals surface area contributed by atoms with Gasteiger partial charge in [0.2, 0.25) is 0 Å². The van der Waals surface area contributed by atoms with Crippen molar-refractivity contribution in [1.82, 2.24) is 0 Å². The third kappa shape index (κ3) is 7.03. The minimum absolute atomic E-state index is 0.143. The molecule has 0 saturated heterocycles. The number of rotatable bonds is 5. The molecule has 1 nitrogen and oxygen atoms in total. The van der Waals surface area contributed by atoms with Crippen molar-refractivity contribution in [1.29, 1.82) is 0 Å². The Labute approximate surface area is 79.5 Å². The molecular weight excluding hydrogens is 260 g/mol. The van der Waals surface area contributed by atoms with Crippen molar-refractivity contribution in [2.45, 2.75) is 37.1 Å². The Morgan fingerprint density at radius 2 is 2.00 bits per heavy atom. The Balaban J connectivity index is 3.03. The molecule has 0 spiro atoms. The summed E-state index contributed by atoms with van der Waals surface area (Å²) < 4.78 is 0. The normalized spacial score (nSPS) is 16.8. The second-order valence-electron chi connectivity index (χ2n) is 2.53. The van der Waals surface area contributed by atoms with Gasteiger partial charge in [0.05, 0.1) is 6.10 Å². The number of halogens is 2. The molecule has 0 aromatic carbocycles. The van der Waals surface area contributed by atoms with Crippen molar-refractivity contribution < 1.29 is 5.11 Å². The second-order valence-corrected chi connectivity index (χ2v) is 4.47. The molecule has 0 fully saturated rings.